The van der Waals surface area contributed by atoms with Crippen LogP contribution >= 0.6 is 11.6 Å². The van der Waals surface area contributed by atoms with Crippen molar-refractivity contribution >= 4 is 22.6 Å². The molecule has 1 atom stereocenters. The number of rotatable bonds is 4. The lowest BCUT2D eigenvalue weighted by molar-refractivity contribution is 0.247. The maximum Gasteiger partial charge on any atom is 0.262 e. The van der Waals surface area contributed by atoms with Crippen molar-refractivity contribution in [1.82, 2.24) is 24.6 Å². The number of aryl methyl sites for hydroxylation is 1. The SMILES string of the molecule is C[C@@H](c1ccc(Cl)cc1)N(C)Cc1nc2c(cnn2C)c(=O)[nH]1. The van der Waals surface area contributed by atoms with Gasteiger partial charge in [0, 0.05) is 18.1 Å². The predicted octanol–water partition coefficient (Wildman–Crippen LogP) is 2.50. The van der Waals surface area contributed by atoms with Crippen LogP contribution in [0, 0.1) is 0 Å². The Labute approximate surface area is 138 Å². The van der Waals surface area contributed by atoms with Crippen molar-refractivity contribution in [2.45, 2.75) is 19.5 Å². The van der Waals surface area contributed by atoms with Gasteiger partial charge in [-0.15, -0.1) is 0 Å². The lowest BCUT2D eigenvalue weighted by Crippen LogP contribution is -2.25. The highest BCUT2D eigenvalue weighted by atomic mass is 35.5. The normalized spacial score (nSPS) is 12.9. The van der Waals surface area contributed by atoms with E-state index in [-0.39, 0.29) is 11.6 Å². The van der Waals surface area contributed by atoms with Gasteiger partial charge in [0.05, 0.1) is 12.7 Å². The van der Waals surface area contributed by atoms with Gasteiger partial charge in [-0.2, -0.15) is 5.10 Å². The van der Waals surface area contributed by atoms with Gasteiger partial charge in [0.15, 0.2) is 5.65 Å². The van der Waals surface area contributed by atoms with E-state index in [2.05, 4.69) is 26.9 Å². The number of H-pyrrole nitrogens is 1. The summed E-state index contributed by atoms with van der Waals surface area (Å²) >= 11 is 5.93. The van der Waals surface area contributed by atoms with E-state index in [1.165, 1.54) is 6.20 Å². The van der Waals surface area contributed by atoms with Gasteiger partial charge in [0.1, 0.15) is 11.2 Å². The van der Waals surface area contributed by atoms with Crippen LogP contribution in [0.3, 0.4) is 0 Å². The molecule has 1 N–H and O–H groups in total. The summed E-state index contributed by atoms with van der Waals surface area (Å²) in [7, 11) is 3.77. The lowest BCUT2D eigenvalue weighted by atomic mass is 10.1. The summed E-state index contributed by atoms with van der Waals surface area (Å²) in [6, 6.07) is 7.93. The number of nitrogens with zero attached hydrogens (tertiary/aromatic N) is 4. The molecule has 0 aliphatic carbocycles. The number of hydrogen-bond donors (Lipinski definition) is 1. The molecule has 0 bridgehead atoms. The third kappa shape index (κ3) is 3.13. The highest BCUT2D eigenvalue weighted by Crippen LogP contribution is 2.21. The molecule has 6 nitrogen and oxygen atoms in total. The van der Waals surface area contributed by atoms with Gasteiger partial charge in [0.25, 0.3) is 5.56 Å². The van der Waals surface area contributed by atoms with Gasteiger partial charge in [-0.05, 0) is 31.7 Å². The third-order valence-corrected chi connectivity index (χ3v) is 4.32. The lowest BCUT2D eigenvalue weighted by Gasteiger charge is -2.24. The summed E-state index contributed by atoms with van der Waals surface area (Å²) in [5.74, 6) is 0.620. The molecule has 3 rings (SSSR count). The maximum absolute atomic E-state index is 12.1. The first-order valence-electron chi connectivity index (χ1n) is 7.32. The zero-order valence-corrected chi connectivity index (χ0v) is 14.0. The smallest absolute Gasteiger partial charge is 0.262 e. The van der Waals surface area contributed by atoms with Gasteiger partial charge in [-0.25, -0.2) is 4.98 Å². The highest BCUT2D eigenvalue weighted by Gasteiger charge is 2.15. The molecule has 2 aromatic heterocycles. The number of aromatic nitrogens is 4. The quantitative estimate of drug-likeness (QED) is 0.797. The van der Waals surface area contributed by atoms with Crippen molar-refractivity contribution in [2.75, 3.05) is 7.05 Å². The first-order chi connectivity index (χ1) is 11.0. The summed E-state index contributed by atoms with van der Waals surface area (Å²) in [6.45, 7) is 2.63. The van der Waals surface area contributed by atoms with Crippen LogP contribution in [0.15, 0.2) is 35.3 Å². The Kier molecular flexibility index (Phi) is 4.19. The summed E-state index contributed by atoms with van der Waals surface area (Å²) in [6.07, 6.45) is 1.53. The second-order valence-corrected chi connectivity index (χ2v) is 6.10. The van der Waals surface area contributed by atoms with Crippen molar-refractivity contribution in [3.63, 3.8) is 0 Å². The second-order valence-electron chi connectivity index (χ2n) is 5.66. The van der Waals surface area contributed by atoms with Crippen LogP contribution in [0.25, 0.3) is 11.0 Å². The van der Waals surface area contributed by atoms with Gasteiger partial charge in [-0.1, -0.05) is 23.7 Å². The number of nitrogens with one attached hydrogen (secondary N) is 1. The summed E-state index contributed by atoms with van der Waals surface area (Å²) < 4.78 is 1.61. The van der Waals surface area contributed by atoms with Crippen LogP contribution in [0.2, 0.25) is 5.02 Å². The Bertz CT molecular complexity index is 884. The maximum atomic E-state index is 12.1. The molecular formula is C16H18ClN5O. The van der Waals surface area contributed by atoms with E-state index in [0.29, 0.717) is 23.4 Å². The molecule has 0 aliphatic heterocycles. The number of fused-ring (bicyclic) bond motifs is 1. The van der Waals surface area contributed by atoms with Crippen molar-refractivity contribution in [1.29, 1.82) is 0 Å². The van der Waals surface area contributed by atoms with E-state index < -0.39 is 0 Å². The fourth-order valence-electron chi connectivity index (χ4n) is 2.52. The minimum atomic E-state index is -0.161. The summed E-state index contributed by atoms with van der Waals surface area (Å²) in [5, 5.41) is 5.30. The van der Waals surface area contributed by atoms with Crippen molar-refractivity contribution in [3.8, 4) is 0 Å². The van der Waals surface area contributed by atoms with Crippen molar-refractivity contribution < 1.29 is 0 Å². The van der Waals surface area contributed by atoms with E-state index in [1.54, 1.807) is 11.7 Å². The molecule has 3 aromatic rings. The fourth-order valence-corrected chi connectivity index (χ4v) is 2.65. The largest absolute Gasteiger partial charge is 0.309 e. The topological polar surface area (TPSA) is 66.8 Å². The van der Waals surface area contributed by atoms with Crippen molar-refractivity contribution in [3.05, 3.63) is 57.2 Å². The van der Waals surface area contributed by atoms with Crippen LogP contribution in [0.4, 0.5) is 0 Å². The molecule has 0 saturated carbocycles. The minimum Gasteiger partial charge on any atom is -0.309 e. The minimum absolute atomic E-state index is 0.161. The van der Waals surface area contributed by atoms with Crippen LogP contribution in [0.1, 0.15) is 24.4 Å². The molecule has 0 unspecified atom stereocenters. The van der Waals surface area contributed by atoms with E-state index >= 15 is 0 Å². The molecule has 0 aliphatic rings. The molecule has 120 valence electrons. The van der Waals surface area contributed by atoms with E-state index in [0.717, 1.165) is 10.6 Å². The van der Waals surface area contributed by atoms with Gasteiger partial charge >= 0.3 is 0 Å². The van der Waals surface area contributed by atoms with E-state index in [9.17, 15) is 4.79 Å². The monoisotopic (exact) mass is 331 g/mol. The predicted molar refractivity (Wildman–Crippen MR) is 90.5 cm³/mol. The molecule has 0 radical (unpaired) electrons. The summed E-state index contributed by atoms with van der Waals surface area (Å²) in [5.41, 5.74) is 1.59. The average Bonchev–Trinajstić information content (AvgIpc) is 2.89. The Morgan fingerprint density at radius 2 is 2.04 bits per heavy atom. The zero-order chi connectivity index (χ0) is 16.6. The number of benzene rings is 1. The van der Waals surface area contributed by atoms with Crippen LogP contribution in [-0.4, -0.2) is 31.7 Å². The van der Waals surface area contributed by atoms with E-state index in [4.69, 9.17) is 11.6 Å². The zero-order valence-electron chi connectivity index (χ0n) is 13.2. The van der Waals surface area contributed by atoms with Gasteiger partial charge < -0.3 is 4.98 Å². The first-order valence-corrected chi connectivity index (χ1v) is 7.70. The standard InChI is InChI=1S/C16H18ClN5O/c1-10(11-4-6-12(17)7-5-11)21(2)9-14-19-15-13(16(23)20-14)8-18-22(15)3/h4-8,10H,9H2,1-3H3,(H,19,20,23)/t10-/m0/s1. The van der Waals surface area contributed by atoms with Gasteiger partial charge in [-0.3, -0.25) is 14.4 Å². The van der Waals surface area contributed by atoms with Gasteiger partial charge in [0.2, 0.25) is 0 Å². The molecule has 1 aromatic carbocycles. The molecule has 0 fully saturated rings. The van der Waals surface area contributed by atoms with E-state index in [1.807, 2.05) is 31.3 Å². The van der Waals surface area contributed by atoms with Crippen LogP contribution < -0.4 is 5.56 Å². The third-order valence-electron chi connectivity index (χ3n) is 4.06. The molecule has 7 heteroatoms. The molecular weight excluding hydrogens is 314 g/mol. The summed E-state index contributed by atoms with van der Waals surface area (Å²) in [4.78, 5) is 21.5. The molecule has 23 heavy (non-hydrogen) atoms. The Balaban J connectivity index is 1.84. The second kappa shape index (κ2) is 6.14. The van der Waals surface area contributed by atoms with Crippen LogP contribution in [-0.2, 0) is 13.6 Å². The Morgan fingerprint density at radius 1 is 1.35 bits per heavy atom. The van der Waals surface area contributed by atoms with Crippen LogP contribution in [0.5, 0.6) is 0 Å². The highest BCUT2D eigenvalue weighted by molar-refractivity contribution is 6.30. The van der Waals surface area contributed by atoms with Crippen molar-refractivity contribution in [2.24, 2.45) is 7.05 Å². The molecule has 0 spiro atoms. The molecule has 0 saturated heterocycles. The molecule has 0 amide bonds. The Morgan fingerprint density at radius 3 is 2.74 bits per heavy atom. The Hall–Kier alpha value is -2.18. The number of hydrogen-bond acceptors (Lipinski definition) is 4. The number of aromatic amines is 1. The molecule has 2 heterocycles. The number of halogens is 1. The average molecular weight is 332 g/mol. The first kappa shape index (κ1) is 15.7. The fraction of sp³-hybridized carbons (Fsp3) is 0.312.